The van der Waals surface area contributed by atoms with Gasteiger partial charge in [-0.3, -0.25) is 4.79 Å². The number of rotatable bonds is 5. The third kappa shape index (κ3) is 5.80. The predicted molar refractivity (Wildman–Crippen MR) is 67.7 cm³/mol. The summed E-state index contributed by atoms with van der Waals surface area (Å²) in [7, 11) is 0. The molecule has 1 amide bonds. The lowest BCUT2D eigenvalue weighted by Crippen LogP contribution is -2.46. The van der Waals surface area contributed by atoms with Crippen molar-refractivity contribution in [1.29, 1.82) is 0 Å². The van der Waals surface area contributed by atoms with Gasteiger partial charge >= 0.3 is 6.18 Å². The molecule has 2 unspecified atom stereocenters. The van der Waals surface area contributed by atoms with E-state index < -0.39 is 18.1 Å². The normalized spacial score (nSPS) is 24.5. The van der Waals surface area contributed by atoms with Crippen LogP contribution in [-0.4, -0.2) is 30.7 Å². The third-order valence-corrected chi connectivity index (χ3v) is 3.39. The lowest BCUT2D eigenvalue weighted by Gasteiger charge is -2.33. The Morgan fingerprint density at radius 1 is 1.26 bits per heavy atom. The summed E-state index contributed by atoms with van der Waals surface area (Å²) in [5.41, 5.74) is 0. The Labute approximate surface area is 112 Å². The number of halogens is 3. The number of alkyl halides is 3. The summed E-state index contributed by atoms with van der Waals surface area (Å²) >= 11 is 0. The van der Waals surface area contributed by atoms with Gasteiger partial charge in [-0.25, -0.2) is 0 Å². The number of carbonyl (C=O) groups excluding carboxylic acids is 1. The van der Waals surface area contributed by atoms with E-state index in [1.54, 1.807) is 0 Å². The first kappa shape index (κ1) is 16.3. The van der Waals surface area contributed by atoms with Crippen LogP contribution in [0, 0.1) is 5.92 Å². The molecule has 2 N–H and O–H groups in total. The molecule has 1 rings (SSSR count). The molecule has 3 nitrogen and oxygen atoms in total. The zero-order chi connectivity index (χ0) is 14.5. The van der Waals surface area contributed by atoms with Crippen molar-refractivity contribution in [3.63, 3.8) is 0 Å². The summed E-state index contributed by atoms with van der Waals surface area (Å²) in [5, 5.41) is 5.62. The minimum Gasteiger partial charge on any atom is -0.354 e. The van der Waals surface area contributed by atoms with Crippen LogP contribution in [-0.2, 0) is 4.79 Å². The van der Waals surface area contributed by atoms with E-state index in [1.807, 2.05) is 13.8 Å². The van der Waals surface area contributed by atoms with Gasteiger partial charge < -0.3 is 10.6 Å². The van der Waals surface area contributed by atoms with E-state index in [9.17, 15) is 18.0 Å². The number of nitrogens with one attached hydrogen (secondary N) is 2. The molecule has 1 fully saturated rings. The van der Waals surface area contributed by atoms with Gasteiger partial charge in [-0.1, -0.05) is 12.8 Å². The predicted octanol–water partition coefficient (Wildman–Crippen LogP) is 2.61. The second-order valence-electron chi connectivity index (χ2n) is 5.47. The van der Waals surface area contributed by atoms with Crippen LogP contribution in [0.5, 0.6) is 0 Å². The molecule has 19 heavy (non-hydrogen) atoms. The van der Waals surface area contributed by atoms with Gasteiger partial charge in [0.1, 0.15) is 0 Å². The van der Waals surface area contributed by atoms with Gasteiger partial charge in [0.05, 0.1) is 5.92 Å². The van der Waals surface area contributed by atoms with E-state index in [4.69, 9.17) is 0 Å². The van der Waals surface area contributed by atoms with Gasteiger partial charge in [0, 0.05) is 25.0 Å². The van der Waals surface area contributed by atoms with Crippen LogP contribution in [0.2, 0.25) is 0 Å². The van der Waals surface area contributed by atoms with Gasteiger partial charge in [0.15, 0.2) is 0 Å². The van der Waals surface area contributed by atoms with Crippen molar-refractivity contribution in [2.24, 2.45) is 5.92 Å². The van der Waals surface area contributed by atoms with Crippen LogP contribution in [0.1, 0.15) is 46.0 Å². The molecule has 0 radical (unpaired) electrons. The lowest BCUT2D eigenvalue weighted by molar-refractivity contribution is -0.188. The van der Waals surface area contributed by atoms with Crippen molar-refractivity contribution in [2.45, 2.75) is 64.2 Å². The summed E-state index contributed by atoms with van der Waals surface area (Å²) in [6.45, 7) is 4.01. The molecule has 0 saturated heterocycles. The highest BCUT2D eigenvalue weighted by Gasteiger charge is 2.45. The molecule has 1 saturated carbocycles. The number of amides is 1. The van der Waals surface area contributed by atoms with Crippen molar-refractivity contribution in [1.82, 2.24) is 10.6 Å². The second-order valence-corrected chi connectivity index (χ2v) is 5.47. The Balaban J connectivity index is 2.36. The molecular weight excluding hydrogens is 257 g/mol. The van der Waals surface area contributed by atoms with Crippen molar-refractivity contribution in [2.75, 3.05) is 6.54 Å². The number of carbonyl (C=O) groups is 1. The van der Waals surface area contributed by atoms with Crippen molar-refractivity contribution < 1.29 is 18.0 Å². The third-order valence-electron chi connectivity index (χ3n) is 3.39. The molecule has 0 aromatic carbocycles. The molecule has 1 aliphatic carbocycles. The zero-order valence-corrected chi connectivity index (χ0v) is 11.5. The minimum absolute atomic E-state index is 0.0603. The quantitative estimate of drug-likeness (QED) is 0.813. The van der Waals surface area contributed by atoms with Crippen LogP contribution >= 0.6 is 0 Å². The maximum absolute atomic E-state index is 12.8. The highest BCUT2D eigenvalue weighted by atomic mass is 19.4. The van der Waals surface area contributed by atoms with Gasteiger partial charge in [0.25, 0.3) is 0 Å². The van der Waals surface area contributed by atoms with Gasteiger partial charge in [-0.2, -0.15) is 13.2 Å². The highest BCUT2D eigenvalue weighted by Crippen LogP contribution is 2.37. The first-order valence-electron chi connectivity index (χ1n) is 6.90. The SMILES string of the molecule is CC(C)NC(=O)CCNC1CCCCC1C(F)(F)F. The van der Waals surface area contributed by atoms with Crippen LogP contribution < -0.4 is 10.6 Å². The summed E-state index contributed by atoms with van der Waals surface area (Å²) in [5.74, 6) is -1.39. The largest absolute Gasteiger partial charge is 0.393 e. The molecular formula is C13H23F3N2O. The Kier molecular flexibility index (Phi) is 6.10. The Morgan fingerprint density at radius 3 is 2.47 bits per heavy atom. The standard InChI is InChI=1S/C13H23F3N2O/c1-9(2)18-12(19)7-8-17-11-6-4-3-5-10(11)13(14,15)16/h9-11,17H,3-8H2,1-2H3,(H,18,19). The van der Waals surface area contributed by atoms with Crippen molar-refractivity contribution in [3.8, 4) is 0 Å². The van der Waals surface area contributed by atoms with Gasteiger partial charge in [0.2, 0.25) is 5.91 Å². The fraction of sp³-hybridized carbons (Fsp3) is 0.923. The van der Waals surface area contributed by atoms with E-state index in [0.29, 0.717) is 19.4 Å². The van der Waals surface area contributed by atoms with Crippen LogP contribution in [0.25, 0.3) is 0 Å². The molecule has 0 bridgehead atoms. The summed E-state index contributed by atoms with van der Waals surface area (Å²) in [6.07, 6.45) is -1.73. The summed E-state index contributed by atoms with van der Waals surface area (Å²) < 4.78 is 38.5. The molecule has 0 heterocycles. The molecule has 112 valence electrons. The van der Waals surface area contributed by atoms with E-state index in [-0.39, 0.29) is 24.8 Å². The van der Waals surface area contributed by atoms with Crippen LogP contribution in [0.4, 0.5) is 13.2 Å². The topological polar surface area (TPSA) is 41.1 Å². The average Bonchev–Trinajstić information content (AvgIpc) is 2.27. The molecule has 0 aromatic rings. The van der Waals surface area contributed by atoms with Crippen molar-refractivity contribution >= 4 is 5.91 Å². The minimum atomic E-state index is -4.14. The summed E-state index contributed by atoms with van der Waals surface area (Å²) in [6, 6.07) is -0.481. The molecule has 0 aliphatic heterocycles. The Morgan fingerprint density at radius 2 is 1.89 bits per heavy atom. The van der Waals surface area contributed by atoms with Gasteiger partial charge in [-0.15, -0.1) is 0 Å². The maximum Gasteiger partial charge on any atom is 0.393 e. The van der Waals surface area contributed by atoms with Gasteiger partial charge in [-0.05, 0) is 26.7 Å². The Hall–Kier alpha value is -0.780. The smallest absolute Gasteiger partial charge is 0.354 e. The monoisotopic (exact) mass is 280 g/mol. The molecule has 6 heteroatoms. The van der Waals surface area contributed by atoms with Crippen LogP contribution in [0.15, 0.2) is 0 Å². The fourth-order valence-electron chi connectivity index (χ4n) is 2.53. The van der Waals surface area contributed by atoms with E-state index in [1.165, 1.54) is 0 Å². The Bertz CT molecular complexity index is 292. The van der Waals surface area contributed by atoms with Crippen LogP contribution in [0.3, 0.4) is 0 Å². The molecule has 2 atom stereocenters. The van der Waals surface area contributed by atoms with E-state index in [0.717, 1.165) is 6.42 Å². The first-order chi connectivity index (χ1) is 8.80. The second kappa shape index (κ2) is 7.12. The number of hydrogen-bond donors (Lipinski definition) is 2. The average molecular weight is 280 g/mol. The maximum atomic E-state index is 12.8. The zero-order valence-electron chi connectivity index (χ0n) is 11.5. The summed E-state index contributed by atoms with van der Waals surface area (Å²) in [4.78, 5) is 11.4. The van der Waals surface area contributed by atoms with E-state index in [2.05, 4.69) is 10.6 Å². The molecule has 0 aromatic heterocycles. The molecule has 1 aliphatic rings. The first-order valence-corrected chi connectivity index (χ1v) is 6.90. The van der Waals surface area contributed by atoms with E-state index >= 15 is 0 Å². The highest BCUT2D eigenvalue weighted by molar-refractivity contribution is 5.76. The number of hydrogen-bond acceptors (Lipinski definition) is 2. The fourth-order valence-corrected chi connectivity index (χ4v) is 2.53. The molecule has 0 spiro atoms. The van der Waals surface area contributed by atoms with Crippen molar-refractivity contribution in [3.05, 3.63) is 0 Å². The lowest BCUT2D eigenvalue weighted by atomic mass is 9.84.